The molecule has 3 rings (SSSR count). The third-order valence-electron chi connectivity index (χ3n) is 2.76. The van der Waals surface area contributed by atoms with Crippen LogP contribution in [-0.2, 0) is 0 Å². The summed E-state index contributed by atoms with van der Waals surface area (Å²) in [4.78, 5) is 13.3. The average Bonchev–Trinajstić information content (AvgIpc) is 2.77. The summed E-state index contributed by atoms with van der Waals surface area (Å²) in [5.41, 5.74) is 2.69. The molecule has 2 aromatic heterocycles. The third-order valence-corrected chi connectivity index (χ3v) is 4.28. The number of thiazole rings is 1. The molecule has 0 fully saturated rings. The van der Waals surface area contributed by atoms with Crippen molar-refractivity contribution in [3.05, 3.63) is 37.7 Å². The van der Waals surface area contributed by atoms with Gasteiger partial charge in [-0.2, -0.15) is 0 Å². The summed E-state index contributed by atoms with van der Waals surface area (Å²) in [6, 6.07) is 3.95. The summed E-state index contributed by atoms with van der Waals surface area (Å²) in [6.07, 6.45) is 0. The predicted octanol–water partition coefficient (Wildman–Crippen LogP) is 4.79. The lowest BCUT2D eigenvalue weighted by atomic mass is 10.1. The summed E-state index contributed by atoms with van der Waals surface area (Å²) in [7, 11) is 0. The van der Waals surface area contributed by atoms with Gasteiger partial charge in [0.25, 0.3) is 0 Å². The topological polar surface area (TPSA) is 38.7 Å². The van der Waals surface area contributed by atoms with Crippen LogP contribution >= 0.6 is 38.9 Å². The van der Waals surface area contributed by atoms with Crippen LogP contribution in [-0.4, -0.2) is 15.0 Å². The van der Waals surface area contributed by atoms with E-state index in [1.807, 2.05) is 31.4 Å². The molecule has 3 nitrogen and oxygen atoms in total. The molecule has 0 unspecified atom stereocenters. The summed E-state index contributed by atoms with van der Waals surface area (Å²) >= 11 is 11.3. The lowest BCUT2D eigenvalue weighted by molar-refractivity contribution is 1.17. The minimum Gasteiger partial charge on any atom is -0.238 e. The lowest BCUT2D eigenvalue weighted by Gasteiger charge is -2.06. The van der Waals surface area contributed by atoms with Gasteiger partial charge in [0.1, 0.15) is 10.8 Å². The molecule has 6 heteroatoms. The molecule has 1 aromatic carbocycles. The minimum absolute atomic E-state index is 0.454. The predicted molar refractivity (Wildman–Crippen MR) is 82.8 cm³/mol. The van der Waals surface area contributed by atoms with Crippen LogP contribution in [0.1, 0.15) is 10.6 Å². The van der Waals surface area contributed by atoms with Crippen LogP contribution in [0.25, 0.3) is 22.4 Å². The normalized spacial score (nSPS) is 11.2. The van der Waals surface area contributed by atoms with Gasteiger partial charge in [0.15, 0.2) is 5.82 Å². The van der Waals surface area contributed by atoms with Gasteiger partial charge in [-0.1, -0.05) is 27.5 Å². The maximum absolute atomic E-state index is 6.27. The monoisotopic (exact) mass is 353 g/mol. The van der Waals surface area contributed by atoms with E-state index in [0.717, 1.165) is 31.6 Å². The number of aryl methyl sites for hydroxylation is 2. The number of aromatic nitrogens is 3. The molecule has 0 radical (unpaired) electrons. The summed E-state index contributed by atoms with van der Waals surface area (Å²) < 4.78 is 0.972. The number of rotatable bonds is 1. The quantitative estimate of drug-likeness (QED) is 0.590. The van der Waals surface area contributed by atoms with Crippen molar-refractivity contribution >= 4 is 49.8 Å². The summed E-state index contributed by atoms with van der Waals surface area (Å²) in [5.74, 6) is 0.576. The second-order valence-electron chi connectivity index (χ2n) is 4.21. The molecule has 0 aliphatic carbocycles. The van der Waals surface area contributed by atoms with E-state index in [-0.39, 0.29) is 0 Å². The van der Waals surface area contributed by atoms with Gasteiger partial charge < -0.3 is 0 Å². The zero-order valence-corrected chi connectivity index (χ0v) is 13.4. The Morgan fingerprint density at radius 1 is 1.16 bits per heavy atom. The Bertz CT molecular complexity index is 785. The number of hydrogen-bond acceptors (Lipinski definition) is 4. The number of fused-ring (bicyclic) bond motifs is 1. The van der Waals surface area contributed by atoms with Crippen molar-refractivity contribution < 1.29 is 0 Å². The fourth-order valence-electron chi connectivity index (χ4n) is 1.91. The van der Waals surface area contributed by atoms with Gasteiger partial charge in [-0.25, -0.2) is 15.0 Å². The van der Waals surface area contributed by atoms with Crippen molar-refractivity contribution in [2.75, 3.05) is 0 Å². The summed E-state index contributed by atoms with van der Waals surface area (Å²) in [6.45, 7) is 3.96. The Morgan fingerprint density at radius 3 is 2.63 bits per heavy atom. The Kier molecular flexibility index (Phi) is 3.28. The smallest absolute Gasteiger partial charge is 0.181 e. The van der Waals surface area contributed by atoms with E-state index in [1.165, 1.54) is 0 Å². The SMILES string of the molecule is Cc1nc(-c2nc(Cl)c3cc(Br)cc(C)c3n2)cs1. The number of benzene rings is 1. The molecule has 0 amide bonds. The van der Waals surface area contributed by atoms with Crippen molar-refractivity contribution in [3.8, 4) is 11.5 Å². The van der Waals surface area contributed by atoms with E-state index < -0.39 is 0 Å². The van der Waals surface area contributed by atoms with Crippen LogP contribution in [0.4, 0.5) is 0 Å². The van der Waals surface area contributed by atoms with Crippen LogP contribution in [0.5, 0.6) is 0 Å². The van der Waals surface area contributed by atoms with Gasteiger partial charge in [0.2, 0.25) is 0 Å². The maximum Gasteiger partial charge on any atom is 0.181 e. The largest absolute Gasteiger partial charge is 0.238 e. The van der Waals surface area contributed by atoms with Crippen LogP contribution in [0, 0.1) is 13.8 Å². The second-order valence-corrected chi connectivity index (χ2v) is 6.54. The average molecular weight is 355 g/mol. The number of hydrogen-bond donors (Lipinski definition) is 0. The highest BCUT2D eigenvalue weighted by molar-refractivity contribution is 9.10. The van der Waals surface area contributed by atoms with Crippen molar-refractivity contribution in [1.29, 1.82) is 0 Å². The van der Waals surface area contributed by atoms with Gasteiger partial charge in [-0.15, -0.1) is 11.3 Å². The second kappa shape index (κ2) is 4.81. The number of nitrogens with zero attached hydrogens (tertiary/aromatic N) is 3. The highest BCUT2D eigenvalue weighted by atomic mass is 79.9. The Labute approximate surface area is 127 Å². The van der Waals surface area contributed by atoms with E-state index in [1.54, 1.807) is 11.3 Å². The first-order valence-electron chi connectivity index (χ1n) is 5.60. The molecule has 19 heavy (non-hydrogen) atoms. The Balaban J connectivity index is 2.30. The molecule has 0 N–H and O–H groups in total. The molecule has 0 saturated carbocycles. The third kappa shape index (κ3) is 2.38. The van der Waals surface area contributed by atoms with Crippen LogP contribution in [0.3, 0.4) is 0 Å². The maximum atomic E-state index is 6.27. The molecule has 0 atom stereocenters. The van der Waals surface area contributed by atoms with Crippen LogP contribution in [0.2, 0.25) is 5.15 Å². The molecule has 0 aliphatic rings. The van der Waals surface area contributed by atoms with E-state index in [0.29, 0.717) is 11.0 Å². The van der Waals surface area contributed by atoms with Crippen molar-refractivity contribution in [1.82, 2.24) is 15.0 Å². The molecule has 0 saturated heterocycles. The Morgan fingerprint density at radius 2 is 1.95 bits per heavy atom. The molecule has 0 spiro atoms. The first-order valence-corrected chi connectivity index (χ1v) is 7.65. The molecule has 2 heterocycles. The molecule has 0 aliphatic heterocycles. The highest BCUT2D eigenvalue weighted by Gasteiger charge is 2.12. The zero-order valence-electron chi connectivity index (χ0n) is 10.2. The van der Waals surface area contributed by atoms with Crippen molar-refractivity contribution in [2.24, 2.45) is 0 Å². The standard InChI is InChI=1S/C13H9BrClN3S/c1-6-3-8(14)4-9-11(6)17-13(18-12(9)15)10-5-19-7(2)16-10/h3-5H,1-2H3. The molecular formula is C13H9BrClN3S. The molecule has 3 aromatic rings. The zero-order chi connectivity index (χ0) is 13.6. The van der Waals surface area contributed by atoms with E-state index in [2.05, 4.69) is 30.9 Å². The number of halogens is 2. The van der Waals surface area contributed by atoms with Crippen molar-refractivity contribution in [2.45, 2.75) is 13.8 Å². The fraction of sp³-hybridized carbons (Fsp3) is 0.154. The lowest BCUT2D eigenvalue weighted by Crippen LogP contribution is -1.94. The minimum atomic E-state index is 0.454. The van der Waals surface area contributed by atoms with E-state index in [4.69, 9.17) is 11.6 Å². The molecule has 96 valence electrons. The first-order chi connectivity index (χ1) is 9.04. The first kappa shape index (κ1) is 13.0. The molecule has 0 bridgehead atoms. The highest BCUT2D eigenvalue weighted by Crippen LogP contribution is 2.29. The summed E-state index contributed by atoms with van der Waals surface area (Å²) in [5, 5.41) is 4.24. The van der Waals surface area contributed by atoms with Gasteiger partial charge in [0.05, 0.1) is 10.5 Å². The van der Waals surface area contributed by atoms with Gasteiger partial charge in [0, 0.05) is 15.2 Å². The van der Waals surface area contributed by atoms with E-state index in [9.17, 15) is 0 Å². The van der Waals surface area contributed by atoms with Gasteiger partial charge in [-0.3, -0.25) is 0 Å². The van der Waals surface area contributed by atoms with Gasteiger partial charge >= 0.3 is 0 Å². The van der Waals surface area contributed by atoms with Crippen LogP contribution < -0.4 is 0 Å². The van der Waals surface area contributed by atoms with Crippen molar-refractivity contribution in [3.63, 3.8) is 0 Å². The van der Waals surface area contributed by atoms with Crippen LogP contribution in [0.15, 0.2) is 22.0 Å². The van der Waals surface area contributed by atoms with Gasteiger partial charge in [-0.05, 0) is 31.5 Å². The fourth-order valence-corrected chi connectivity index (χ4v) is 3.29. The van der Waals surface area contributed by atoms with E-state index >= 15 is 0 Å². The molecular weight excluding hydrogens is 346 g/mol. The Hall–Kier alpha value is -1.04.